The molecular formula is C14H22N2OS. The number of carbonyl (C=O) groups excluding carboxylic acids is 1. The van der Waals surface area contributed by atoms with Crippen molar-refractivity contribution in [3.8, 4) is 0 Å². The van der Waals surface area contributed by atoms with Gasteiger partial charge in [0.05, 0.1) is 0 Å². The lowest BCUT2D eigenvalue weighted by molar-refractivity contribution is 0.0962. The molecule has 0 spiro atoms. The van der Waals surface area contributed by atoms with Gasteiger partial charge in [0.2, 0.25) is 0 Å². The number of unbranched alkanes of at least 4 members (excludes halogenated alkanes) is 1. The number of nitrogens with one attached hydrogen (secondary N) is 2. The first-order valence-electron chi connectivity index (χ1n) is 6.25. The van der Waals surface area contributed by atoms with Crippen LogP contribution in [0.25, 0.3) is 0 Å². The summed E-state index contributed by atoms with van der Waals surface area (Å²) in [5.74, 6) is 1.18. The normalized spacial score (nSPS) is 10.2. The molecule has 4 heteroatoms. The van der Waals surface area contributed by atoms with E-state index in [9.17, 15) is 4.79 Å². The standard InChI is InChI=1S/C14H22N2OS/c1-11-12(14(17)15-2)7-6-8-13(11)16-9-4-5-10-18-3/h6-8,16H,4-5,9-10H2,1-3H3,(H,15,17). The largest absolute Gasteiger partial charge is 0.385 e. The Morgan fingerprint density at radius 1 is 1.33 bits per heavy atom. The van der Waals surface area contributed by atoms with Gasteiger partial charge in [0.25, 0.3) is 5.91 Å². The first-order chi connectivity index (χ1) is 8.70. The molecule has 18 heavy (non-hydrogen) atoms. The fourth-order valence-corrected chi connectivity index (χ4v) is 2.30. The van der Waals surface area contributed by atoms with Gasteiger partial charge in [0.15, 0.2) is 0 Å². The highest BCUT2D eigenvalue weighted by Gasteiger charge is 2.09. The molecule has 100 valence electrons. The van der Waals surface area contributed by atoms with E-state index in [2.05, 4.69) is 16.9 Å². The number of rotatable bonds is 7. The quantitative estimate of drug-likeness (QED) is 0.746. The molecule has 0 saturated heterocycles. The highest BCUT2D eigenvalue weighted by Crippen LogP contribution is 2.19. The van der Waals surface area contributed by atoms with Crippen LogP contribution in [0, 0.1) is 6.92 Å². The summed E-state index contributed by atoms with van der Waals surface area (Å²) < 4.78 is 0. The van der Waals surface area contributed by atoms with Crippen LogP contribution in [-0.2, 0) is 0 Å². The lowest BCUT2D eigenvalue weighted by Crippen LogP contribution is -2.19. The smallest absolute Gasteiger partial charge is 0.251 e. The van der Waals surface area contributed by atoms with Gasteiger partial charge in [0.1, 0.15) is 0 Å². The van der Waals surface area contributed by atoms with Crippen LogP contribution in [0.3, 0.4) is 0 Å². The molecule has 0 aromatic heterocycles. The molecule has 2 N–H and O–H groups in total. The van der Waals surface area contributed by atoms with Crippen LogP contribution in [0.5, 0.6) is 0 Å². The number of benzene rings is 1. The number of carbonyl (C=O) groups is 1. The topological polar surface area (TPSA) is 41.1 Å². The van der Waals surface area contributed by atoms with Gasteiger partial charge >= 0.3 is 0 Å². The summed E-state index contributed by atoms with van der Waals surface area (Å²) in [7, 11) is 1.66. The molecule has 0 radical (unpaired) electrons. The molecule has 3 nitrogen and oxygen atoms in total. The average Bonchev–Trinajstić information content (AvgIpc) is 2.39. The molecule has 0 aliphatic heterocycles. The van der Waals surface area contributed by atoms with E-state index in [-0.39, 0.29) is 5.91 Å². The summed E-state index contributed by atoms with van der Waals surface area (Å²) in [5, 5.41) is 6.07. The monoisotopic (exact) mass is 266 g/mol. The lowest BCUT2D eigenvalue weighted by atomic mass is 10.1. The molecule has 0 aliphatic carbocycles. The van der Waals surface area contributed by atoms with E-state index in [4.69, 9.17) is 0 Å². The van der Waals surface area contributed by atoms with E-state index in [1.807, 2.05) is 36.9 Å². The van der Waals surface area contributed by atoms with Gasteiger partial charge in [-0.3, -0.25) is 4.79 Å². The number of anilines is 1. The van der Waals surface area contributed by atoms with Gasteiger partial charge in [0, 0.05) is 24.8 Å². The van der Waals surface area contributed by atoms with Gasteiger partial charge in [-0.1, -0.05) is 6.07 Å². The van der Waals surface area contributed by atoms with E-state index < -0.39 is 0 Å². The Morgan fingerprint density at radius 3 is 2.78 bits per heavy atom. The van der Waals surface area contributed by atoms with Crippen LogP contribution >= 0.6 is 11.8 Å². The zero-order valence-corrected chi connectivity index (χ0v) is 12.2. The van der Waals surface area contributed by atoms with Crippen LogP contribution in [0.2, 0.25) is 0 Å². The summed E-state index contributed by atoms with van der Waals surface area (Å²) in [5.41, 5.74) is 2.81. The molecule has 1 amide bonds. The van der Waals surface area contributed by atoms with Gasteiger partial charge in [-0.05, 0) is 49.5 Å². The first kappa shape index (κ1) is 14.9. The number of hydrogen-bond donors (Lipinski definition) is 2. The van der Waals surface area contributed by atoms with Crippen molar-refractivity contribution in [3.05, 3.63) is 29.3 Å². The predicted octanol–water partition coefficient (Wildman–Crippen LogP) is 2.91. The number of hydrogen-bond acceptors (Lipinski definition) is 3. The molecule has 0 fully saturated rings. The zero-order chi connectivity index (χ0) is 13.4. The number of amides is 1. The van der Waals surface area contributed by atoms with E-state index in [0.29, 0.717) is 0 Å². The average molecular weight is 266 g/mol. The van der Waals surface area contributed by atoms with Crippen LogP contribution in [-0.4, -0.2) is 31.5 Å². The first-order valence-corrected chi connectivity index (χ1v) is 7.64. The molecule has 0 saturated carbocycles. The van der Waals surface area contributed by atoms with Crippen molar-refractivity contribution < 1.29 is 4.79 Å². The molecule has 1 aromatic rings. The van der Waals surface area contributed by atoms with E-state index in [0.717, 1.165) is 29.8 Å². The van der Waals surface area contributed by atoms with E-state index in [1.54, 1.807) is 7.05 Å². The third-order valence-electron chi connectivity index (χ3n) is 2.90. The van der Waals surface area contributed by atoms with Crippen LogP contribution < -0.4 is 10.6 Å². The van der Waals surface area contributed by atoms with Gasteiger partial charge in [-0.15, -0.1) is 0 Å². The third kappa shape index (κ3) is 4.26. The maximum atomic E-state index is 11.7. The SMILES string of the molecule is CNC(=O)c1cccc(NCCCCSC)c1C. The van der Waals surface area contributed by atoms with E-state index >= 15 is 0 Å². The Labute approximate surface area is 114 Å². The second-order valence-corrected chi connectivity index (χ2v) is 5.17. The second-order valence-electron chi connectivity index (χ2n) is 4.18. The van der Waals surface area contributed by atoms with Crippen molar-refractivity contribution in [1.82, 2.24) is 5.32 Å². The zero-order valence-electron chi connectivity index (χ0n) is 11.4. The molecule has 0 aliphatic rings. The summed E-state index contributed by atoms with van der Waals surface area (Å²) in [6.45, 7) is 2.94. The van der Waals surface area contributed by atoms with Crippen molar-refractivity contribution >= 4 is 23.4 Å². The Balaban J connectivity index is 2.58. The van der Waals surface area contributed by atoms with Crippen LogP contribution in [0.15, 0.2) is 18.2 Å². The molecule has 0 heterocycles. The van der Waals surface area contributed by atoms with Crippen LogP contribution in [0.1, 0.15) is 28.8 Å². The lowest BCUT2D eigenvalue weighted by Gasteiger charge is -2.12. The minimum Gasteiger partial charge on any atom is -0.385 e. The molecule has 1 rings (SSSR count). The van der Waals surface area contributed by atoms with Crippen molar-refractivity contribution in [3.63, 3.8) is 0 Å². The summed E-state index contributed by atoms with van der Waals surface area (Å²) in [6, 6.07) is 5.80. The highest BCUT2D eigenvalue weighted by atomic mass is 32.2. The maximum Gasteiger partial charge on any atom is 0.251 e. The minimum atomic E-state index is -0.0291. The summed E-state index contributed by atoms with van der Waals surface area (Å²) in [6.07, 6.45) is 4.51. The summed E-state index contributed by atoms with van der Waals surface area (Å²) in [4.78, 5) is 11.7. The number of thioether (sulfide) groups is 1. The molecule has 0 atom stereocenters. The molecule has 1 aromatic carbocycles. The fraction of sp³-hybridized carbons (Fsp3) is 0.500. The van der Waals surface area contributed by atoms with Crippen molar-refractivity contribution in [2.45, 2.75) is 19.8 Å². The second kappa shape index (κ2) is 8.03. The summed E-state index contributed by atoms with van der Waals surface area (Å²) >= 11 is 1.88. The fourth-order valence-electron chi connectivity index (χ4n) is 1.80. The highest BCUT2D eigenvalue weighted by molar-refractivity contribution is 7.98. The maximum absolute atomic E-state index is 11.7. The van der Waals surface area contributed by atoms with Crippen molar-refractivity contribution in [1.29, 1.82) is 0 Å². The Hall–Kier alpha value is -1.16. The molecule has 0 bridgehead atoms. The molecule has 0 unspecified atom stereocenters. The Morgan fingerprint density at radius 2 is 2.11 bits per heavy atom. The minimum absolute atomic E-state index is 0.0291. The molecular weight excluding hydrogens is 244 g/mol. The Kier molecular flexibility index (Phi) is 6.65. The van der Waals surface area contributed by atoms with E-state index in [1.165, 1.54) is 12.2 Å². The van der Waals surface area contributed by atoms with Gasteiger partial charge in [-0.2, -0.15) is 11.8 Å². The predicted molar refractivity (Wildman–Crippen MR) is 80.7 cm³/mol. The van der Waals surface area contributed by atoms with Crippen LogP contribution in [0.4, 0.5) is 5.69 Å². The van der Waals surface area contributed by atoms with Gasteiger partial charge in [-0.25, -0.2) is 0 Å². The van der Waals surface area contributed by atoms with Crippen molar-refractivity contribution in [2.75, 3.05) is 30.9 Å². The van der Waals surface area contributed by atoms with Crippen molar-refractivity contribution in [2.24, 2.45) is 0 Å². The Bertz CT molecular complexity index is 393. The van der Waals surface area contributed by atoms with Gasteiger partial charge < -0.3 is 10.6 Å². The third-order valence-corrected chi connectivity index (χ3v) is 3.59.